The molecule has 0 fully saturated rings. The average molecular weight is 243 g/mol. The third kappa shape index (κ3) is 3.58. The predicted molar refractivity (Wildman–Crippen MR) is 62.9 cm³/mol. The van der Waals surface area contributed by atoms with Crippen molar-refractivity contribution in [1.82, 2.24) is 4.98 Å². The summed E-state index contributed by atoms with van der Waals surface area (Å²) >= 11 is 0. The number of hydrogen-bond acceptors (Lipinski definition) is 5. The van der Waals surface area contributed by atoms with Crippen molar-refractivity contribution in [3.05, 3.63) is 28.4 Å². The monoisotopic (exact) mass is 243 g/mol. The van der Waals surface area contributed by atoms with Crippen LogP contribution in [0.5, 0.6) is 0 Å². The van der Waals surface area contributed by atoms with Crippen LogP contribution in [0.3, 0.4) is 0 Å². The van der Waals surface area contributed by atoms with E-state index < -0.39 is 15.7 Å². The molecule has 1 heterocycles. The van der Waals surface area contributed by atoms with Crippen LogP contribution in [-0.4, -0.2) is 32.2 Å². The zero-order chi connectivity index (χ0) is 12.0. The molecule has 1 aromatic heterocycles. The zero-order valence-corrected chi connectivity index (χ0v) is 9.70. The van der Waals surface area contributed by atoms with Gasteiger partial charge in [0.25, 0.3) is 0 Å². The first kappa shape index (κ1) is 12.6. The van der Waals surface area contributed by atoms with E-state index in [4.69, 9.17) is 0 Å². The summed E-state index contributed by atoms with van der Waals surface area (Å²) in [5, 5.41) is 13.5. The van der Waals surface area contributed by atoms with E-state index in [1.54, 1.807) is 0 Å². The number of nitro groups is 1. The van der Waals surface area contributed by atoms with Crippen molar-refractivity contribution >= 4 is 22.3 Å². The molecule has 1 unspecified atom stereocenters. The Morgan fingerprint density at radius 3 is 3.00 bits per heavy atom. The van der Waals surface area contributed by atoms with Gasteiger partial charge >= 0.3 is 5.69 Å². The van der Waals surface area contributed by atoms with Crippen LogP contribution < -0.4 is 5.32 Å². The van der Waals surface area contributed by atoms with Crippen molar-refractivity contribution < 1.29 is 9.13 Å². The second-order valence-electron chi connectivity index (χ2n) is 2.99. The summed E-state index contributed by atoms with van der Waals surface area (Å²) in [4.78, 5) is 14.0. The van der Waals surface area contributed by atoms with Crippen LogP contribution in [0.2, 0.25) is 0 Å². The zero-order valence-electron chi connectivity index (χ0n) is 8.88. The third-order valence-corrected chi connectivity index (χ3v) is 3.23. The number of anilines is 1. The highest BCUT2D eigenvalue weighted by Gasteiger charge is 2.13. The van der Waals surface area contributed by atoms with Gasteiger partial charge in [-0.3, -0.25) is 14.3 Å². The Morgan fingerprint density at radius 2 is 2.38 bits per heavy atom. The van der Waals surface area contributed by atoms with Gasteiger partial charge in [-0.15, -0.1) is 0 Å². The predicted octanol–water partition coefficient (Wildman–Crippen LogP) is 1.17. The van der Waals surface area contributed by atoms with Gasteiger partial charge in [-0.05, 0) is 6.07 Å². The Bertz CT molecular complexity index is 397. The van der Waals surface area contributed by atoms with Crippen molar-refractivity contribution in [2.45, 2.75) is 6.92 Å². The van der Waals surface area contributed by atoms with Gasteiger partial charge in [-0.2, -0.15) is 0 Å². The minimum Gasteiger partial charge on any atom is -0.363 e. The van der Waals surface area contributed by atoms with Crippen LogP contribution in [0.15, 0.2) is 18.3 Å². The van der Waals surface area contributed by atoms with Gasteiger partial charge in [0.15, 0.2) is 0 Å². The molecule has 0 radical (unpaired) electrons. The smallest absolute Gasteiger partial charge is 0.311 e. The molecule has 0 saturated heterocycles. The Balaban J connectivity index is 2.60. The maximum atomic E-state index is 11.1. The molecule has 16 heavy (non-hydrogen) atoms. The fraction of sp³-hybridized carbons (Fsp3) is 0.444. The standard InChI is InChI=1S/C9H13N3O3S/c1-2-16(15)7-6-11-9-8(12(13)14)4-3-5-10-9/h3-5H,2,6-7H2,1H3,(H,10,11). The molecule has 0 aliphatic rings. The molecule has 6 nitrogen and oxygen atoms in total. The number of pyridine rings is 1. The first-order chi connectivity index (χ1) is 7.65. The van der Waals surface area contributed by atoms with Crippen LogP contribution in [0, 0.1) is 10.1 Å². The molecule has 7 heteroatoms. The molecule has 1 N–H and O–H groups in total. The average Bonchev–Trinajstić information content (AvgIpc) is 2.29. The molecule has 0 bridgehead atoms. The van der Waals surface area contributed by atoms with Crippen LogP contribution in [0.25, 0.3) is 0 Å². The molecule has 1 rings (SSSR count). The van der Waals surface area contributed by atoms with Gasteiger partial charge in [-0.1, -0.05) is 6.92 Å². The minimum absolute atomic E-state index is 0.0650. The lowest BCUT2D eigenvalue weighted by molar-refractivity contribution is -0.384. The number of nitrogens with zero attached hydrogens (tertiary/aromatic N) is 2. The summed E-state index contributed by atoms with van der Waals surface area (Å²) in [6, 6.07) is 2.89. The van der Waals surface area contributed by atoms with Crippen molar-refractivity contribution in [1.29, 1.82) is 0 Å². The Hall–Kier alpha value is -1.50. The molecular weight excluding hydrogens is 230 g/mol. The molecular formula is C9H13N3O3S. The van der Waals surface area contributed by atoms with Crippen molar-refractivity contribution in [2.75, 3.05) is 23.4 Å². The summed E-state index contributed by atoms with van der Waals surface area (Å²) in [5.74, 6) is 1.27. The highest BCUT2D eigenvalue weighted by atomic mass is 32.2. The third-order valence-electron chi connectivity index (χ3n) is 1.93. The van der Waals surface area contributed by atoms with Crippen molar-refractivity contribution in [3.63, 3.8) is 0 Å². The summed E-state index contributed by atoms with van der Waals surface area (Å²) in [7, 11) is -0.878. The molecule has 88 valence electrons. The lowest BCUT2D eigenvalue weighted by Gasteiger charge is -2.04. The topological polar surface area (TPSA) is 85.1 Å². The van der Waals surface area contributed by atoms with Crippen molar-refractivity contribution in [2.24, 2.45) is 0 Å². The molecule has 0 aliphatic heterocycles. The minimum atomic E-state index is -0.878. The van der Waals surface area contributed by atoms with E-state index >= 15 is 0 Å². The molecule has 0 saturated carbocycles. The van der Waals surface area contributed by atoms with E-state index in [9.17, 15) is 14.3 Å². The van der Waals surface area contributed by atoms with Crippen LogP contribution >= 0.6 is 0 Å². The van der Waals surface area contributed by atoms with Gasteiger partial charge in [0.05, 0.1) is 4.92 Å². The van der Waals surface area contributed by atoms with Gasteiger partial charge in [-0.25, -0.2) is 4.98 Å². The van der Waals surface area contributed by atoms with E-state index in [1.165, 1.54) is 18.3 Å². The Kier molecular flexibility index (Phi) is 4.84. The van der Waals surface area contributed by atoms with Crippen LogP contribution in [0.1, 0.15) is 6.92 Å². The van der Waals surface area contributed by atoms with Crippen LogP contribution in [-0.2, 0) is 10.8 Å². The van der Waals surface area contributed by atoms with Gasteiger partial charge in [0, 0.05) is 41.1 Å². The second-order valence-corrected chi connectivity index (χ2v) is 4.85. The number of hydrogen-bond donors (Lipinski definition) is 1. The molecule has 0 spiro atoms. The molecule has 0 aliphatic carbocycles. The quantitative estimate of drug-likeness (QED) is 0.598. The highest BCUT2D eigenvalue weighted by Crippen LogP contribution is 2.19. The number of aromatic nitrogens is 1. The summed E-state index contributed by atoms with van der Waals surface area (Å²) in [6.45, 7) is 2.25. The van der Waals surface area contributed by atoms with E-state index in [2.05, 4.69) is 10.3 Å². The second kappa shape index (κ2) is 6.16. The van der Waals surface area contributed by atoms with Gasteiger partial charge < -0.3 is 5.32 Å². The van der Waals surface area contributed by atoms with Crippen molar-refractivity contribution in [3.8, 4) is 0 Å². The van der Waals surface area contributed by atoms with Gasteiger partial charge in [0.1, 0.15) is 0 Å². The number of nitrogens with one attached hydrogen (secondary N) is 1. The molecule has 0 aromatic carbocycles. The van der Waals surface area contributed by atoms with E-state index in [1.807, 2.05) is 6.92 Å². The molecule has 1 aromatic rings. The Morgan fingerprint density at radius 1 is 1.62 bits per heavy atom. The lowest BCUT2D eigenvalue weighted by atomic mass is 10.4. The maximum absolute atomic E-state index is 11.1. The fourth-order valence-electron chi connectivity index (χ4n) is 1.11. The summed E-state index contributed by atoms with van der Waals surface area (Å²) < 4.78 is 11.1. The van der Waals surface area contributed by atoms with Crippen LogP contribution in [0.4, 0.5) is 11.5 Å². The largest absolute Gasteiger partial charge is 0.363 e. The summed E-state index contributed by atoms with van der Waals surface area (Å²) in [5.41, 5.74) is -0.0650. The lowest BCUT2D eigenvalue weighted by Crippen LogP contribution is -2.13. The SMILES string of the molecule is CCS(=O)CCNc1ncccc1[N+](=O)[O-]. The molecule has 1 atom stereocenters. The van der Waals surface area contributed by atoms with E-state index in [0.29, 0.717) is 18.1 Å². The fourth-order valence-corrected chi connectivity index (χ4v) is 1.73. The maximum Gasteiger partial charge on any atom is 0.311 e. The molecule has 0 amide bonds. The normalized spacial score (nSPS) is 12.1. The first-order valence-corrected chi connectivity index (χ1v) is 6.32. The first-order valence-electron chi connectivity index (χ1n) is 4.83. The Labute approximate surface area is 95.7 Å². The van der Waals surface area contributed by atoms with E-state index in [-0.39, 0.29) is 11.5 Å². The summed E-state index contributed by atoms with van der Waals surface area (Å²) in [6.07, 6.45) is 1.48. The number of rotatable bonds is 6. The highest BCUT2D eigenvalue weighted by molar-refractivity contribution is 7.84. The van der Waals surface area contributed by atoms with Gasteiger partial charge in [0.2, 0.25) is 5.82 Å². The van der Waals surface area contributed by atoms with E-state index in [0.717, 1.165) is 0 Å².